The van der Waals surface area contributed by atoms with Crippen molar-refractivity contribution in [3.05, 3.63) is 35.4 Å². The van der Waals surface area contributed by atoms with Gasteiger partial charge in [0.05, 0.1) is 6.04 Å². The van der Waals surface area contributed by atoms with Gasteiger partial charge in [0.1, 0.15) is 29.3 Å². The summed E-state index contributed by atoms with van der Waals surface area (Å²) in [5.41, 5.74) is -1.61. The maximum atomic E-state index is 14.1. The van der Waals surface area contributed by atoms with Crippen molar-refractivity contribution in [3.8, 4) is 0 Å². The predicted octanol–water partition coefficient (Wildman–Crippen LogP) is 3.74. The van der Waals surface area contributed by atoms with Crippen molar-refractivity contribution in [2.45, 2.75) is 76.5 Å². The number of aryl methyl sites for hydroxylation is 1. The molecular formula is C23H30F2N2O5. The smallest absolute Gasteiger partial charge is 0.411 e. The van der Waals surface area contributed by atoms with Gasteiger partial charge in [-0.2, -0.15) is 0 Å². The summed E-state index contributed by atoms with van der Waals surface area (Å²) in [6.07, 6.45) is 2.16. The zero-order valence-corrected chi connectivity index (χ0v) is 18.7. The predicted molar refractivity (Wildman–Crippen MR) is 112 cm³/mol. The summed E-state index contributed by atoms with van der Waals surface area (Å²) in [7, 11) is 0. The number of hydrogen-bond donors (Lipinski definition) is 1. The number of hydrogen-bond acceptors (Lipinski definition) is 4. The van der Waals surface area contributed by atoms with E-state index in [0.717, 1.165) is 25.0 Å². The van der Waals surface area contributed by atoms with E-state index in [-0.39, 0.29) is 24.9 Å². The first-order chi connectivity index (χ1) is 14.9. The second kappa shape index (κ2) is 9.03. The fraction of sp³-hybridized carbons (Fsp3) is 0.609. The van der Waals surface area contributed by atoms with E-state index in [2.05, 4.69) is 0 Å². The highest BCUT2D eigenvalue weighted by Gasteiger charge is 2.56. The molecule has 1 heterocycles. The van der Waals surface area contributed by atoms with Gasteiger partial charge in [-0.3, -0.25) is 14.5 Å². The highest BCUT2D eigenvalue weighted by Crippen LogP contribution is 2.41. The number of benzene rings is 1. The first-order valence-electron chi connectivity index (χ1n) is 10.9. The van der Waals surface area contributed by atoms with E-state index in [1.165, 1.54) is 15.9 Å². The lowest BCUT2D eigenvalue weighted by molar-refractivity contribution is -0.161. The molecule has 176 valence electrons. The maximum absolute atomic E-state index is 14.1. The second-order valence-corrected chi connectivity index (χ2v) is 9.58. The van der Waals surface area contributed by atoms with Gasteiger partial charge in [0.2, 0.25) is 5.91 Å². The van der Waals surface area contributed by atoms with Crippen LogP contribution >= 0.6 is 0 Å². The van der Waals surface area contributed by atoms with Crippen LogP contribution in [-0.4, -0.2) is 63.1 Å². The van der Waals surface area contributed by atoms with Gasteiger partial charge in [-0.15, -0.1) is 0 Å². The summed E-state index contributed by atoms with van der Waals surface area (Å²) in [5.74, 6) is -2.95. The molecule has 1 aromatic rings. The molecule has 1 aromatic carbocycles. The zero-order chi connectivity index (χ0) is 23.7. The summed E-state index contributed by atoms with van der Waals surface area (Å²) in [5, 5.41) is 9.42. The molecule has 2 amide bonds. The van der Waals surface area contributed by atoms with Gasteiger partial charge < -0.3 is 14.7 Å². The van der Waals surface area contributed by atoms with Crippen LogP contribution in [0.2, 0.25) is 0 Å². The van der Waals surface area contributed by atoms with Crippen molar-refractivity contribution in [2.24, 2.45) is 0 Å². The lowest BCUT2D eigenvalue weighted by Crippen LogP contribution is -2.70. The normalized spacial score (nSPS) is 20.7. The first kappa shape index (κ1) is 23.9. The highest BCUT2D eigenvalue weighted by molar-refractivity contribution is 5.93. The molecular weight excluding hydrogens is 422 g/mol. The monoisotopic (exact) mass is 452 g/mol. The van der Waals surface area contributed by atoms with Gasteiger partial charge in [-0.25, -0.2) is 13.6 Å². The number of carboxylic acid groups (broad SMARTS) is 1. The third kappa shape index (κ3) is 5.02. The van der Waals surface area contributed by atoms with Crippen molar-refractivity contribution in [2.75, 3.05) is 13.1 Å². The fourth-order valence-electron chi connectivity index (χ4n) is 4.68. The number of carbonyl (C=O) groups is 3. The molecule has 1 saturated carbocycles. The molecule has 1 atom stereocenters. The number of piperazine rings is 1. The Kier molecular flexibility index (Phi) is 6.76. The minimum absolute atomic E-state index is 0.0940. The Bertz CT molecular complexity index is 893. The number of rotatable bonds is 5. The Morgan fingerprint density at radius 2 is 1.88 bits per heavy atom. The Morgan fingerprint density at radius 3 is 2.44 bits per heavy atom. The van der Waals surface area contributed by atoms with Gasteiger partial charge in [0.25, 0.3) is 0 Å². The molecule has 1 N–H and O–H groups in total. The lowest BCUT2D eigenvalue weighted by Gasteiger charge is -2.51. The van der Waals surface area contributed by atoms with E-state index in [1.54, 1.807) is 20.8 Å². The quantitative estimate of drug-likeness (QED) is 0.736. The van der Waals surface area contributed by atoms with Crippen LogP contribution in [0.25, 0.3) is 0 Å². The van der Waals surface area contributed by atoms with E-state index in [4.69, 9.17) is 4.74 Å². The lowest BCUT2D eigenvalue weighted by atomic mass is 9.87. The van der Waals surface area contributed by atoms with Crippen LogP contribution in [0.15, 0.2) is 18.2 Å². The topological polar surface area (TPSA) is 87.2 Å². The number of carbonyl (C=O) groups excluding carboxylic acids is 2. The standard InChI is InChI=1S/C23H30F2N2O5/c1-22(2,3)32-21(31)27-13-17(9-7-15-6-8-16(24)12-18(15)25)26(14-19(28)29)20(30)23(27)10-4-5-11-23/h6,8,12,17H,4-5,7,9-11,13-14H2,1-3H3,(H,28,29). The Hall–Kier alpha value is -2.71. The van der Waals surface area contributed by atoms with Crippen LogP contribution in [0.1, 0.15) is 58.4 Å². The largest absolute Gasteiger partial charge is 0.480 e. The number of halogens is 2. The van der Waals surface area contributed by atoms with Crippen molar-refractivity contribution in [3.63, 3.8) is 0 Å². The van der Waals surface area contributed by atoms with Crippen molar-refractivity contribution < 1.29 is 33.0 Å². The first-order valence-corrected chi connectivity index (χ1v) is 10.9. The molecule has 1 aliphatic heterocycles. The fourth-order valence-corrected chi connectivity index (χ4v) is 4.68. The Balaban J connectivity index is 1.90. The molecule has 2 fully saturated rings. The number of carboxylic acids is 1. The average Bonchev–Trinajstić information content (AvgIpc) is 3.15. The summed E-state index contributed by atoms with van der Waals surface area (Å²) >= 11 is 0. The number of aliphatic carboxylic acids is 1. The van der Waals surface area contributed by atoms with Crippen molar-refractivity contribution >= 4 is 18.0 Å². The van der Waals surface area contributed by atoms with E-state index in [1.807, 2.05) is 0 Å². The highest BCUT2D eigenvalue weighted by atomic mass is 19.1. The molecule has 1 aliphatic carbocycles. The van der Waals surface area contributed by atoms with E-state index >= 15 is 0 Å². The SMILES string of the molecule is CC(C)(C)OC(=O)N1CC(CCc2ccc(F)cc2F)N(CC(=O)O)C(=O)C12CCCC2. The molecule has 0 aromatic heterocycles. The minimum atomic E-state index is -1.16. The molecule has 2 aliphatic rings. The molecule has 1 saturated heterocycles. The van der Waals surface area contributed by atoms with Gasteiger partial charge in [-0.1, -0.05) is 18.9 Å². The second-order valence-electron chi connectivity index (χ2n) is 9.58. The van der Waals surface area contributed by atoms with Crippen LogP contribution in [0.3, 0.4) is 0 Å². The van der Waals surface area contributed by atoms with Crippen LogP contribution < -0.4 is 0 Å². The summed E-state index contributed by atoms with van der Waals surface area (Å²) in [6, 6.07) is 2.64. The van der Waals surface area contributed by atoms with Crippen LogP contribution in [-0.2, 0) is 20.7 Å². The molecule has 9 heteroatoms. The molecule has 1 spiro atoms. The third-order valence-corrected chi connectivity index (χ3v) is 6.12. The van der Waals surface area contributed by atoms with Gasteiger partial charge >= 0.3 is 12.1 Å². The van der Waals surface area contributed by atoms with Crippen LogP contribution in [0.5, 0.6) is 0 Å². The maximum Gasteiger partial charge on any atom is 0.411 e. The minimum Gasteiger partial charge on any atom is -0.480 e. The Labute approximate surface area is 186 Å². The summed E-state index contributed by atoms with van der Waals surface area (Å²) in [6.45, 7) is 4.81. The number of amides is 2. The van der Waals surface area contributed by atoms with Gasteiger partial charge in [0.15, 0.2) is 0 Å². The van der Waals surface area contributed by atoms with Crippen molar-refractivity contribution in [1.29, 1.82) is 0 Å². The molecule has 7 nitrogen and oxygen atoms in total. The van der Waals surface area contributed by atoms with E-state index in [0.29, 0.717) is 12.8 Å². The van der Waals surface area contributed by atoms with E-state index < -0.39 is 53.3 Å². The van der Waals surface area contributed by atoms with Gasteiger partial charge in [-0.05, 0) is 58.1 Å². The van der Waals surface area contributed by atoms with Gasteiger partial charge in [0, 0.05) is 12.6 Å². The average molecular weight is 452 g/mol. The molecule has 0 radical (unpaired) electrons. The van der Waals surface area contributed by atoms with E-state index in [9.17, 15) is 28.3 Å². The number of nitrogens with zero attached hydrogens (tertiary/aromatic N) is 2. The van der Waals surface area contributed by atoms with Crippen LogP contribution in [0.4, 0.5) is 13.6 Å². The molecule has 32 heavy (non-hydrogen) atoms. The summed E-state index contributed by atoms with van der Waals surface area (Å²) < 4.78 is 32.9. The van der Waals surface area contributed by atoms with Crippen molar-refractivity contribution in [1.82, 2.24) is 9.80 Å². The molecule has 1 unspecified atom stereocenters. The Morgan fingerprint density at radius 1 is 1.22 bits per heavy atom. The van der Waals surface area contributed by atoms with Crippen LogP contribution in [0, 0.1) is 11.6 Å². The molecule has 0 bridgehead atoms. The third-order valence-electron chi connectivity index (χ3n) is 6.12. The number of ether oxygens (including phenoxy) is 1. The summed E-state index contributed by atoms with van der Waals surface area (Å²) in [4.78, 5) is 41.0. The molecule has 3 rings (SSSR count). The zero-order valence-electron chi connectivity index (χ0n) is 18.7.